The highest BCUT2D eigenvalue weighted by molar-refractivity contribution is 5.84. The van der Waals surface area contributed by atoms with Gasteiger partial charge in [-0.15, -0.1) is 0 Å². The second-order valence-corrected chi connectivity index (χ2v) is 7.37. The maximum absolute atomic E-state index is 13.1. The molecule has 2 aliphatic heterocycles. The van der Waals surface area contributed by atoms with Crippen molar-refractivity contribution in [2.75, 3.05) is 33.0 Å². The molecule has 7 nitrogen and oxygen atoms in total. The van der Waals surface area contributed by atoms with Gasteiger partial charge in [0.1, 0.15) is 13.2 Å². The number of carbonyl (C=O) groups excluding carboxylic acids is 1. The van der Waals surface area contributed by atoms with Crippen LogP contribution < -0.4 is 9.47 Å². The van der Waals surface area contributed by atoms with Gasteiger partial charge in [-0.1, -0.05) is 6.07 Å². The molecule has 0 spiro atoms. The van der Waals surface area contributed by atoms with Crippen molar-refractivity contribution in [3.05, 3.63) is 23.8 Å². The molecule has 1 saturated carbocycles. The third-order valence-electron chi connectivity index (χ3n) is 5.58. The molecule has 4 rings (SSSR count). The molecule has 0 aromatic heterocycles. The Morgan fingerprint density at radius 3 is 2.56 bits per heavy atom. The van der Waals surface area contributed by atoms with Gasteiger partial charge >= 0.3 is 5.97 Å². The summed E-state index contributed by atoms with van der Waals surface area (Å²) >= 11 is 0. The molecule has 0 bridgehead atoms. The molecule has 0 unspecified atom stereocenters. The number of carboxylic acid groups (broad SMARTS) is 1. The SMILES string of the molecule is O=C(O)CCN(C(=O)[C@@H]1C[C@@H]1c1ccc2c(c1)OCCO2)C1CCOCC1. The van der Waals surface area contributed by atoms with Gasteiger partial charge in [0.2, 0.25) is 5.91 Å². The first kappa shape index (κ1) is 18.1. The van der Waals surface area contributed by atoms with Crippen LogP contribution in [0, 0.1) is 5.92 Å². The first-order chi connectivity index (χ1) is 13.1. The lowest BCUT2D eigenvalue weighted by atomic mass is 10.0. The Labute approximate surface area is 158 Å². The molecule has 2 heterocycles. The van der Waals surface area contributed by atoms with Crippen molar-refractivity contribution in [2.45, 2.75) is 37.6 Å². The number of ether oxygens (including phenoxy) is 3. The van der Waals surface area contributed by atoms with Crippen molar-refractivity contribution in [3.8, 4) is 11.5 Å². The van der Waals surface area contributed by atoms with Crippen LogP contribution in [0.2, 0.25) is 0 Å². The molecular weight excluding hydrogens is 350 g/mol. The highest BCUT2D eigenvalue weighted by Gasteiger charge is 2.47. The first-order valence-electron chi connectivity index (χ1n) is 9.63. The molecular formula is C20H25NO6. The summed E-state index contributed by atoms with van der Waals surface area (Å²) in [6, 6.07) is 5.96. The van der Waals surface area contributed by atoms with Crippen molar-refractivity contribution < 1.29 is 28.9 Å². The summed E-state index contributed by atoms with van der Waals surface area (Å²) in [6.07, 6.45) is 2.31. The topological polar surface area (TPSA) is 85.3 Å². The summed E-state index contributed by atoms with van der Waals surface area (Å²) in [7, 11) is 0. The maximum atomic E-state index is 13.1. The van der Waals surface area contributed by atoms with Gasteiger partial charge in [-0.3, -0.25) is 9.59 Å². The van der Waals surface area contributed by atoms with Crippen molar-refractivity contribution >= 4 is 11.9 Å². The molecule has 1 saturated heterocycles. The van der Waals surface area contributed by atoms with Gasteiger partial charge in [0, 0.05) is 31.7 Å². The summed E-state index contributed by atoms with van der Waals surface area (Å²) in [4.78, 5) is 25.9. The van der Waals surface area contributed by atoms with E-state index in [0.29, 0.717) is 26.4 Å². The molecule has 2 atom stereocenters. The molecule has 27 heavy (non-hydrogen) atoms. The maximum Gasteiger partial charge on any atom is 0.305 e. The van der Waals surface area contributed by atoms with E-state index < -0.39 is 5.97 Å². The lowest BCUT2D eigenvalue weighted by Crippen LogP contribution is -2.45. The molecule has 2 fully saturated rings. The fraction of sp³-hybridized carbons (Fsp3) is 0.600. The van der Waals surface area contributed by atoms with Crippen LogP contribution in [0.3, 0.4) is 0 Å². The monoisotopic (exact) mass is 375 g/mol. The number of carbonyl (C=O) groups is 2. The number of carboxylic acids is 1. The van der Waals surface area contributed by atoms with Crippen LogP contribution in [-0.2, 0) is 14.3 Å². The van der Waals surface area contributed by atoms with Crippen LogP contribution in [-0.4, -0.2) is 60.9 Å². The van der Waals surface area contributed by atoms with Gasteiger partial charge in [-0.05, 0) is 42.9 Å². The van der Waals surface area contributed by atoms with Gasteiger partial charge in [0.25, 0.3) is 0 Å². The fourth-order valence-electron chi connectivity index (χ4n) is 4.03. The quantitative estimate of drug-likeness (QED) is 0.819. The van der Waals surface area contributed by atoms with E-state index >= 15 is 0 Å². The van der Waals surface area contributed by atoms with E-state index in [1.165, 1.54) is 0 Å². The van der Waals surface area contributed by atoms with E-state index in [9.17, 15) is 9.59 Å². The minimum Gasteiger partial charge on any atom is -0.486 e. The number of amides is 1. The number of fused-ring (bicyclic) bond motifs is 1. The van der Waals surface area contributed by atoms with Crippen LogP contribution in [0.15, 0.2) is 18.2 Å². The lowest BCUT2D eigenvalue weighted by molar-refractivity contribution is -0.141. The largest absolute Gasteiger partial charge is 0.486 e. The van der Waals surface area contributed by atoms with Gasteiger partial charge in [0.15, 0.2) is 11.5 Å². The first-order valence-corrected chi connectivity index (χ1v) is 9.63. The third-order valence-corrected chi connectivity index (χ3v) is 5.58. The zero-order chi connectivity index (χ0) is 18.8. The Kier molecular flexibility index (Phi) is 5.20. The second-order valence-electron chi connectivity index (χ2n) is 7.37. The molecule has 146 valence electrons. The smallest absolute Gasteiger partial charge is 0.305 e. The number of hydrogen-bond acceptors (Lipinski definition) is 5. The van der Waals surface area contributed by atoms with Crippen molar-refractivity contribution in [2.24, 2.45) is 5.92 Å². The number of rotatable bonds is 6. The third kappa shape index (κ3) is 4.03. The van der Waals surface area contributed by atoms with E-state index in [1.54, 1.807) is 4.90 Å². The fourth-order valence-corrected chi connectivity index (χ4v) is 4.03. The van der Waals surface area contributed by atoms with Crippen molar-refractivity contribution in [1.29, 1.82) is 0 Å². The van der Waals surface area contributed by atoms with E-state index in [4.69, 9.17) is 19.3 Å². The summed E-state index contributed by atoms with van der Waals surface area (Å²) < 4.78 is 16.6. The van der Waals surface area contributed by atoms with Crippen LogP contribution in [0.4, 0.5) is 0 Å². The molecule has 0 radical (unpaired) electrons. The van der Waals surface area contributed by atoms with E-state index in [-0.39, 0.29) is 36.8 Å². The average Bonchev–Trinajstić information content (AvgIpc) is 3.49. The van der Waals surface area contributed by atoms with Crippen LogP contribution >= 0.6 is 0 Å². The van der Waals surface area contributed by atoms with Crippen molar-refractivity contribution in [3.63, 3.8) is 0 Å². The normalized spacial score (nSPS) is 24.3. The van der Waals surface area contributed by atoms with Gasteiger partial charge < -0.3 is 24.2 Å². The van der Waals surface area contributed by atoms with E-state index in [2.05, 4.69) is 0 Å². The molecule has 1 N–H and O–H groups in total. The second kappa shape index (κ2) is 7.76. The lowest BCUT2D eigenvalue weighted by Gasteiger charge is -2.34. The summed E-state index contributed by atoms with van der Waals surface area (Å²) in [5.74, 6) is 0.773. The average molecular weight is 375 g/mol. The predicted molar refractivity (Wildman–Crippen MR) is 96.1 cm³/mol. The zero-order valence-corrected chi connectivity index (χ0v) is 15.3. The zero-order valence-electron chi connectivity index (χ0n) is 15.3. The minimum atomic E-state index is -0.876. The molecule has 1 aliphatic carbocycles. The number of aliphatic carboxylic acids is 1. The molecule has 1 amide bonds. The Balaban J connectivity index is 1.45. The predicted octanol–water partition coefficient (Wildman–Crippen LogP) is 2.04. The molecule has 7 heteroatoms. The van der Waals surface area contributed by atoms with Gasteiger partial charge in [-0.25, -0.2) is 0 Å². The van der Waals surface area contributed by atoms with Gasteiger partial charge in [0.05, 0.1) is 6.42 Å². The number of nitrogens with zero attached hydrogens (tertiary/aromatic N) is 1. The highest BCUT2D eigenvalue weighted by Crippen LogP contribution is 2.50. The molecule has 1 aromatic rings. The summed E-state index contributed by atoms with van der Waals surface area (Å²) in [5.41, 5.74) is 1.09. The Morgan fingerprint density at radius 1 is 1.07 bits per heavy atom. The minimum absolute atomic E-state index is 0.0233. The van der Waals surface area contributed by atoms with Crippen LogP contribution in [0.5, 0.6) is 11.5 Å². The van der Waals surface area contributed by atoms with E-state index in [0.717, 1.165) is 36.3 Å². The van der Waals surface area contributed by atoms with Crippen LogP contribution in [0.25, 0.3) is 0 Å². The summed E-state index contributed by atoms with van der Waals surface area (Å²) in [5, 5.41) is 9.05. The number of hydrogen-bond donors (Lipinski definition) is 1. The number of benzene rings is 1. The summed E-state index contributed by atoms with van der Waals surface area (Å²) in [6.45, 7) is 2.61. The highest BCUT2D eigenvalue weighted by atomic mass is 16.6. The van der Waals surface area contributed by atoms with E-state index in [1.807, 2.05) is 18.2 Å². The van der Waals surface area contributed by atoms with Crippen LogP contribution in [0.1, 0.15) is 37.2 Å². The molecule has 1 aromatic carbocycles. The standard InChI is InChI=1S/C20H25NO6/c22-19(23)3-6-21(14-4-7-25-8-5-14)20(24)16-12-15(16)13-1-2-17-18(11-13)27-10-9-26-17/h1-2,11,14-16H,3-10,12H2,(H,22,23)/t15-,16-/m1/s1. The van der Waals surface area contributed by atoms with Crippen molar-refractivity contribution in [1.82, 2.24) is 4.90 Å². The molecule has 3 aliphatic rings. The van der Waals surface area contributed by atoms with Gasteiger partial charge in [-0.2, -0.15) is 0 Å². The Morgan fingerprint density at radius 2 is 1.81 bits per heavy atom. The Bertz CT molecular complexity index is 714. The Hall–Kier alpha value is -2.28.